The normalized spacial score (nSPS) is 13.5. The molecule has 3 aromatic rings. The van der Waals surface area contributed by atoms with E-state index in [9.17, 15) is 8.42 Å². The molecule has 2 aromatic heterocycles. The van der Waals surface area contributed by atoms with Crippen LogP contribution < -0.4 is 9.47 Å². The molecule has 37 heavy (non-hydrogen) atoms. The van der Waals surface area contributed by atoms with Crippen LogP contribution in [0.5, 0.6) is 11.5 Å². The fraction of sp³-hybridized carbons (Fsp3) is 0.500. The van der Waals surface area contributed by atoms with Crippen molar-refractivity contribution in [2.24, 2.45) is 5.92 Å². The third kappa shape index (κ3) is 6.75. The van der Waals surface area contributed by atoms with Crippen molar-refractivity contribution in [3.63, 3.8) is 0 Å². The van der Waals surface area contributed by atoms with Gasteiger partial charge in [0.15, 0.2) is 27.3 Å². The Bertz CT molecular complexity index is 1260. The first-order valence-corrected chi connectivity index (χ1v) is 13.7. The van der Waals surface area contributed by atoms with Crippen molar-refractivity contribution in [3.05, 3.63) is 53.1 Å². The monoisotopic (exact) mass is 553 g/mol. The molecule has 0 saturated heterocycles. The first kappa shape index (κ1) is 28.8. The molecule has 0 amide bonds. The number of sulfone groups is 1. The van der Waals surface area contributed by atoms with Gasteiger partial charge < -0.3 is 18.9 Å². The van der Waals surface area contributed by atoms with E-state index in [-0.39, 0.29) is 18.3 Å². The predicted octanol–water partition coefficient (Wildman–Crippen LogP) is 3.59. The Morgan fingerprint density at radius 3 is 2.11 bits per heavy atom. The molecule has 202 valence electrons. The standard InChI is InChI=1S/C24H32ClN5O6S/c1-15(2)12-36-13-20-28-29-21(30(20)22-18(33-4)8-7-9-19(22)34-5)14-37(31,32)16(3)23(35-6)24-26-10-17(25)11-27-24/h7-11,15-16,23H,12-14H2,1-6H3/t16-,23-/m0/s1. The van der Waals surface area contributed by atoms with Crippen LogP contribution >= 0.6 is 11.6 Å². The minimum atomic E-state index is -3.86. The van der Waals surface area contributed by atoms with E-state index >= 15 is 0 Å². The molecular formula is C24H32ClN5O6S. The van der Waals surface area contributed by atoms with Gasteiger partial charge in [-0.25, -0.2) is 18.4 Å². The van der Waals surface area contributed by atoms with Crippen molar-refractivity contribution in [3.8, 4) is 17.2 Å². The zero-order valence-electron chi connectivity index (χ0n) is 21.7. The Morgan fingerprint density at radius 1 is 0.973 bits per heavy atom. The second-order valence-corrected chi connectivity index (χ2v) is 11.5. The Balaban J connectivity index is 2.04. The van der Waals surface area contributed by atoms with Gasteiger partial charge in [0.2, 0.25) is 0 Å². The van der Waals surface area contributed by atoms with Crippen molar-refractivity contribution in [1.82, 2.24) is 24.7 Å². The lowest BCUT2D eigenvalue weighted by molar-refractivity contribution is 0.0911. The van der Waals surface area contributed by atoms with E-state index < -0.39 is 26.9 Å². The van der Waals surface area contributed by atoms with E-state index in [1.54, 1.807) is 29.7 Å². The van der Waals surface area contributed by atoms with Crippen LogP contribution in [0, 0.1) is 5.92 Å². The molecule has 0 bridgehead atoms. The molecule has 0 N–H and O–H groups in total. The summed E-state index contributed by atoms with van der Waals surface area (Å²) < 4.78 is 51.3. The zero-order valence-corrected chi connectivity index (χ0v) is 23.3. The molecule has 0 aliphatic carbocycles. The van der Waals surface area contributed by atoms with E-state index in [1.807, 2.05) is 13.8 Å². The highest BCUT2D eigenvalue weighted by atomic mass is 35.5. The van der Waals surface area contributed by atoms with Crippen molar-refractivity contribution in [2.75, 3.05) is 27.9 Å². The fourth-order valence-corrected chi connectivity index (χ4v) is 5.23. The Labute approximate surface area is 222 Å². The van der Waals surface area contributed by atoms with Crippen LogP contribution in [0.15, 0.2) is 30.6 Å². The van der Waals surface area contributed by atoms with Crippen molar-refractivity contribution >= 4 is 21.4 Å². The summed E-state index contributed by atoms with van der Waals surface area (Å²) in [7, 11) is 0.585. The fourth-order valence-electron chi connectivity index (χ4n) is 3.71. The molecular weight excluding hydrogens is 522 g/mol. The highest BCUT2D eigenvalue weighted by molar-refractivity contribution is 7.91. The van der Waals surface area contributed by atoms with Gasteiger partial charge in [0.1, 0.15) is 35.7 Å². The van der Waals surface area contributed by atoms with Gasteiger partial charge in [0.05, 0.1) is 24.5 Å². The summed E-state index contributed by atoms with van der Waals surface area (Å²) in [5, 5.41) is 7.81. The van der Waals surface area contributed by atoms with Crippen LogP contribution in [0.25, 0.3) is 5.69 Å². The quantitative estimate of drug-likeness (QED) is 0.309. The summed E-state index contributed by atoms with van der Waals surface area (Å²) in [5.41, 5.74) is 0.475. The smallest absolute Gasteiger partial charge is 0.163 e. The van der Waals surface area contributed by atoms with Crippen LogP contribution in [0.3, 0.4) is 0 Å². The molecule has 11 nitrogen and oxygen atoms in total. The Morgan fingerprint density at radius 2 is 1.57 bits per heavy atom. The number of para-hydroxylation sites is 1. The van der Waals surface area contributed by atoms with E-state index in [1.165, 1.54) is 33.7 Å². The van der Waals surface area contributed by atoms with Crippen molar-refractivity contribution in [2.45, 2.75) is 44.5 Å². The number of nitrogens with zero attached hydrogens (tertiary/aromatic N) is 5. The molecule has 0 fully saturated rings. The number of rotatable bonds is 13. The average Bonchev–Trinajstić information content (AvgIpc) is 3.25. The average molecular weight is 554 g/mol. The van der Waals surface area contributed by atoms with E-state index in [0.29, 0.717) is 40.6 Å². The Kier molecular flexibility index (Phi) is 9.82. The summed E-state index contributed by atoms with van der Waals surface area (Å²) in [4.78, 5) is 8.28. The van der Waals surface area contributed by atoms with Crippen LogP contribution in [-0.2, 0) is 31.7 Å². The van der Waals surface area contributed by atoms with E-state index in [0.717, 1.165) is 0 Å². The summed E-state index contributed by atoms with van der Waals surface area (Å²) in [5.74, 6) is 1.56. The lowest BCUT2D eigenvalue weighted by Gasteiger charge is -2.22. The SMILES string of the molecule is COc1cccc(OC)c1-n1c(COCC(C)C)nnc1CS(=O)(=O)[C@@H](C)[C@H](OC)c1ncc(Cl)cn1. The number of hydrogen-bond acceptors (Lipinski definition) is 10. The molecule has 13 heteroatoms. The van der Waals surface area contributed by atoms with Gasteiger partial charge in [-0.3, -0.25) is 4.57 Å². The maximum atomic E-state index is 13.6. The predicted molar refractivity (Wildman–Crippen MR) is 138 cm³/mol. The summed E-state index contributed by atoms with van der Waals surface area (Å²) in [6, 6.07) is 5.26. The molecule has 2 atom stereocenters. The second-order valence-electron chi connectivity index (χ2n) is 8.72. The number of aromatic nitrogens is 5. The highest BCUT2D eigenvalue weighted by Gasteiger charge is 2.35. The molecule has 0 unspecified atom stereocenters. The van der Waals surface area contributed by atoms with Gasteiger partial charge in [0, 0.05) is 26.1 Å². The maximum Gasteiger partial charge on any atom is 0.163 e. The van der Waals surface area contributed by atoms with Gasteiger partial charge in [-0.2, -0.15) is 0 Å². The number of ether oxygens (including phenoxy) is 4. The van der Waals surface area contributed by atoms with Gasteiger partial charge >= 0.3 is 0 Å². The maximum absolute atomic E-state index is 13.6. The number of halogens is 1. The molecule has 3 rings (SSSR count). The van der Waals surface area contributed by atoms with E-state index in [2.05, 4.69) is 20.2 Å². The number of hydrogen-bond donors (Lipinski definition) is 0. The van der Waals surface area contributed by atoms with Crippen molar-refractivity contribution in [1.29, 1.82) is 0 Å². The summed E-state index contributed by atoms with van der Waals surface area (Å²) in [6.07, 6.45) is 1.86. The topological polar surface area (TPSA) is 128 Å². The second kappa shape index (κ2) is 12.6. The molecule has 0 aliphatic heterocycles. The Hall–Kier alpha value is -2.80. The lowest BCUT2D eigenvalue weighted by Crippen LogP contribution is -2.30. The van der Waals surface area contributed by atoms with Gasteiger partial charge in [-0.05, 0) is 25.0 Å². The van der Waals surface area contributed by atoms with Crippen molar-refractivity contribution < 1.29 is 27.4 Å². The summed E-state index contributed by atoms with van der Waals surface area (Å²) in [6.45, 7) is 6.21. The minimum Gasteiger partial charge on any atom is -0.494 e. The minimum absolute atomic E-state index is 0.112. The van der Waals surface area contributed by atoms with Crippen LogP contribution in [0.4, 0.5) is 0 Å². The molecule has 1 aromatic carbocycles. The van der Waals surface area contributed by atoms with Crippen LogP contribution in [0.1, 0.15) is 44.3 Å². The molecule has 0 radical (unpaired) electrons. The van der Waals surface area contributed by atoms with Crippen LogP contribution in [0.2, 0.25) is 5.02 Å². The van der Waals surface area contributed by atoms with Crippen LogP contribution in [-0.4, -0.2) is 66.3 Å². The third-order valence-electron chi connectivity index (χ3n) is 5.58. The molecule has 0 aliphatic rings. The highest BCUT2D eigenvalue weighted by Crippen LogP contribution is 2.35. The van der Waals surface area contributed by atoms with Gasteiger partial charge in [-0.15, -0.1) is 10.2 Å². The van der Waals surface area contributed by atoms with Gasteiger partial charge in [0.25, 0.3) is 0 Å². The number of benzene rings is 1. The molecule has 0 saturated carbocycles. The number of methoxy groups -OCH3 is 3. The first-order valence-electron chi connectivity index (χ1n) is 11.6. The molecule has 0 spiro atoms. The lowest BCUT2D eigenvalue weighted by atomic mass is 10.2. The van der Waals surface area contributed by atoms with E-state index in [4.69, 9.17) is 30.5 Å². The zero-order chi connectivity index (χ0) is 27.2. The molecule has 2 heterocycles. The van der Waals surface area contributed by atoms with Gasteiger partial charge in [-0.1, -0.05) is 31.5 Å². The largest absolute Gasteiger partial charge is 0.494 e. The third-order valence-corrected chi connectivity index (χ3v) is 7.81. The summed E-state index contributed by atoms with van der Waals surface area (Å²) >= 11 is 5.88. The first-order chi connectivity index (χ1) is 17.6.